The summed E-state index contributed by atoms with van der Waals surface area (Å²) in [7, 11) is 0. The van der Waals surface area contributed by atoms with Gasteiger partial charge in [-0.3, -0.25) is 4.90 Å². The van der Waals surface area contributed by atoms with Crippen LogP contribution >= 0.6 is 0 Å². The van der Waals surface area contributed by atoms with E-state index in [1.807, 2.05) is 0 Å². The largest absolute Gasteiger partial charge is 0.313 e. The normalized spacial score (nSPS) is 22.7. The van der Waals surface area contributed by atoms with Gasteiger partial charge in [-0.15, -0.1) is 0 Å². The van der Waals surface area contributed by atoms with Crippen molar-refractivity contribution in [3.8, 4) is 0 Å². The zero-order chi connectivity index (χ0) is 14.5. The van der Waals surface area contributed by atoms with Crippen molar-refractivity contribution in [2.24, 2.45) is 0 Å². The lowest BCUT2D eigenvalue weighted by molar-refractivity contribution is 0.217. The molecule has 1 aromatic carbocycles. The van der Waals surface area contributed by atoms with Crippen molar-refractivity contribution in [2.45, 2.75) is 64.0 Å². The molecule has 1 heterocycles. The lowest BCUT2D eigenvalue weighted by Crippen LogP contribution is -2.43. The maximum atomic E-state index is 3.68. The maximum absolute atomic E-state index is 3.68. The summed E-state index contributed by atoms with van der Waals surface area (Å²) in [6.45, 7) is 7.02. The fraction of sp³-hybridized carbons (Fsp3) is 0.684. The molecule has 2 heteroatoms. The van der Waals surface area contributed by atoms with E-state index in [9.17, 15) is 0 Å². The summed E-state index contributed by atoms with van der Waals surface area (Å²) in [6.07, 6.45) is 8.14. The molecule has 3 rings (SSSR count). The molecule has 0 aromatic heterocycles. The van der Waals surface area contributed by atoms with Crippen LogP contribution in [0.2, 0.25) is 0 Å². The van der Waals surface area contributed by atoms with E-state index < -0.39 is 0 Å². The van der Waals surface area contributed by atoms with Gasteiger partial charge in [0.05, 0.1) is 0 Å². The van der Waals surface area contributed by atoms with Crippen molar-refractivity contribution in [1.82, 2.24) is 10.2 Å². The third kappa shape index (κ3) is 4.55. The topological polar surface area (TPSA) is 15.3 Å². The molecule has 1 saturated carbocycles. The highest BCUT2D eigenvalue weighted by atomic mass is 15.1. The van der Waals surface area contributed by atoms with Gasteiger partial charge in [0.15, 0.2) is 0 Å². The Morgan fingerprint density at radius 1 is 1.10 bits per heavy atom. The second kappa shape index (κ2) is 7.42. The van der Waals surface area contributed by atoms with Crippen LogP contribution in [0.4, 0.5) is 0 Å². The van der Waals surface area contributed by atoms with Crippen molar-refractivity contribution >= 4 is 0 Å². The molecule has 1 N–H and O–H groups in total. The quantitative estimate of drug-likeness (QED) is 0.817. The Morgan fingerprint density at radius 3 is 2.52 bits per heavy atom. The number of hydrogen-bond donors (Lipinski definition) is 1. The van der Waals surface area contributed by atoms with Crippen molar-refractivity contribution < 1.29 is 0 Å². The molecule has 1 unspecified atom stereocenters. The zero-order valence-corrected chi connectivity index (χ0v) is 13.5. The van der Waals surface area contributed by atoms with Crippen LogP contribution in [0, 0.1) is 0 Å². The van der Waals surface area contributed by atoms with Crippen molar-refractivity contribution in [3.63, 3.8) is 0 Å². The van der Waals surface area contributed by atoms with E-state index in [0.29, 0.717) is 6.04 Å². The van der Waals surface area contributed by atoms with E-state index in [1.165, 1.54) is 63.7 Å². The summed E-state index contributed by atoms with van der Waals surface area (Å²) in [5, 5.41) is 3.68. The molecule has 2 fully saturated rings. The smallest absolute Gasteiger partial charge is 0.0234 e. The summed E-state index contributed by atoms with van der Waals surface area (Å²) in [6, 6.07) is 10.1. The van der Waals surface area contributed by atoms with Gasteiger partial charge < -0.3 is 5.32 Å². The van der Waals surface area contributed by atoms with E-state index in [-0.39, 0.29) is 0 Å². The maximum Gasteiger partial charge on any atom is 0.0234 e. The number of rotatable bonds is 7. The summed E-state index contributed by atoms with van der Waals surface area (Å²) >= 11 is 0. The van der Waals surface area contributed by atoms with Crippen LogP contribution < -0.4 is 5.32 Å². The molecule has 0 spiro atoms. The molecular formula is C19H30N2. The number of hydrogen-bond acceptors (Lipinski definition) is 2. The molecule has 1 aliphatic carbocycles. The average Bonchev–Trinajstić information content (AvgIpc) is 3.34. The third-order valence-corrected chi connectivity index (χ3v) is 4.87. The molecule has 21 heavy (non-hydrogen) atoms. The second-order valence-corrected chi connectivity index (χ2v) is 6.90. The Hall–Kier alpha value is -0.860. The second-order valence-electron chi connectivity index (χ2n) is 6.90. The molecule has 1 aromatic rings. The van der Waals surface area contributed by atoms with Gasteiger partial charge in [0, 0.05) is 19.1 Å². The first-order valence-electron chi connectivity index (χ1n) is 8.89. The Labute approximate surface area is 129 Å². The van der Waals surface area contributed by atoms with Gasteiger partial charge in [-0.2, -0.15) is 0 Å². The van der Waals surface area contributed by atoms with Gasteiger partial charge in [0.1, 0.15) is 0 Å². The average molecular weight is 286 g/mol. The van der Waals surface area contributed by atoms with Gasteiger partial charge in [-0.25, -0.2) is 0 Å². The number of benzene rings is 1. The molecule has 116 valence electrons. The van der Waals surface area contributed by atoms with Crippen LogP contribution in [0.1, 0.15) is 62.5 Å². The summed E-state index contributed by atoms with van der Waals surface area (Å²) in [5.74, 6) is 0.872. The molecule has 1 aliphatic heterocycles. The monoisotopic (exact) mass is 286 g/mol. The Bertz CT molecular complexity index is 416. The molecule has 0 amide bonds. The first kappa shape index (κ1) is 15.1. The summed E-state index contributed by atoms with van der Waals surface area (Å²) in [4.78, 5) is 2.63. The molecule has 0 radical (unpaired) electrons. The van der Waals surface area contributed by atoms with E-state index in [2.05, 4.69) is 41.4 Å². The van der Waals surface area contributed by atoms with E-state index in [4.69, 9.17) is 0 Å². The van der Waals surface area contributed by atoms with Crippen molar-refractivity contribution in [1.29, 1.82) is 0 Å². The number of nitrogens with one attached hydrogen (secondary N) is 1. The van der Waals surface area contributed by atoms with Crippen LogP contribution in [-0.4, -0.2) is 30.6 Å². The predicted molar refractivity (Wildman–Crippen MR) is 89.6 cm³/mol. The number of piperidine rings is 1. The molecular weight excluding hydrogens is 256 g/mol. The van der Waals surface area contributed by atoms with Gasteiger partial charge in [0.25, 0.3) is 0 Å². The highest BCUT2D eigenvalue weighted by molar-refractivity contribution is 5.28. The van der Waals surface area contributed by atoms with Gasteiger partial charge >= 0.3 is 0 Å². The fourth-order valence-electron chi connectivity index (χ4n) is 3.51. The molecule has 2 nitrogen and oxygen atoms in total. The lowest BCUT2D eigenvalue weighted by Gasteiger charge is -2.30. The minimum absolute atomic E-state index is 0.705. The number of nitrogens with zero attached hydrogens (tertiary/aromatic N) is 1. The van der Waals surface area contributed by atoms with Gasteiger partial charge in [-0.05, 0) is 62.2 Å². The standard InChI is InChI=1S/C19H30N2/c1-2-13-21(15-19-5-3-4-12-20-19)14-16-6-8-17(9-7-16)18-10-11-18/h6-9,18-20H,2-5,10-15H2,1H3. The molecule has 1 saturated heterocycles. The van der Waals surface area contributed by atoms with Gasteiger partial charge in [0.2, 0.25) is 0 Å². The van der Waals surface area contributed by atoms with Crippen LogP contribution in [0.5, 0.6) is 0 Å². The molecule has 1 atom stereocenters. The van der Waals surface area contributed by atoms with E-state index in [0.717, 1.165) is 12.5 Å². The van der Waals surface area contributed by atoms with Crippen LogP contribution in [-0.2, 0) is 6.54 Å². The van der Waals surface area contributed by atoms with Crippen molar-refractivity contribution in [3.05, 3.63) is 35.4 Å². The van der Waals surface area contributed by atoms with E-state index in [1.54, 1.807) is 5.56 Å². The Morgan fingerprint density at radius 2 is 1.90 bits per heavy atom. The SMILES string of the molecule is CCCN(Cc1ccc(C2CC2)cc1)CC1CCCCN1. The zero-order valence-electron chi connectivity index (χ0n) is 13.5. The minimum Gasteiger partial charge on any atom is -0.313 e. The minimum atomic E-state index is 0.705. The highest BCUT2D eigenvalue weighted by Crippen LogP contribution is 2.39. The van der Waals surface area contributed by atoms with Crippen LogP contribution in [0.15, 0.2) is 24.3 Å². The van der Waals surface area contributed by atoms with Crippen molar-refractivity contribution in [2.75, 3.05) is 19.6 Å². The van der Waals surface area contributed by atoms with Crippen LogP contribution in [0.3, 0.4) is 0 Å². The summed E-state index contributed by atoms with van der Waals surface area (Å²) in [5.41, 5.74) is 3.03. The predicted octanol–water partition coefficient (Wildman–Crippen LogP) is 3.92. The first-order chi connectivity index (χ1) is 10.3. The molecule has 2 aliphatic rings. The van der Waals surface area contributed by atoms with Gasteiger partial charge in [-0.1, -0.05) is 37.6 Å². The first-order valence-corrected chi connectivity index (χ1v) is 8.89. The molecule has 0 bridgehead atoms. The lowest BCUT2D eigenvalue weighted by atomic mass is 10.0. The third-order valence-electron chi connectivity index (χ3n) is 4.87. The fourth-order valence-corrected chi connectivity index (χ4v) is 3.51. The Kier molecular flexibility index (Phi) is 5.32. The highest BCUT2D eigenvalue weighted by Gasteiger charge is 2.23. The van der Waals surface area contributed by atoms with E-state index >= 15 is 0 Å². The Balaban J connectivity index is 1.55. The van der Waals surface area contributed by atoms with Crippen LogP contribution in [0.25, 0.3) is 0 Å². The summed E-state index contributed by atoms with van der Waals surface area (Å²) < 4.78 is 0.